The number of anilines is 1. The maximum atomic E-state index is 12.2. The molecule has 0 radical (unpaired) electrons. The highest BCUT2D eigenvalue weighted by Crippen LogP contribution is 2.14. The zero-order valence-corrected chi connectivity index (χ0v) is 12.3. The van der Waals surface area contributed by atoms with Crippen LogP contribution in [-0.2, 0) is 0 Å². The minimum atomic E-state index is 0.0170. The number of rotatable bonds is 7. The van der Waals surface area contributed by atoms with Crippen molar-refractivity contribution in [1.82, 2.24) is 10.2 Å². The Kier molecular flexibility index (Phi) is 5.87. The number of benzene rings is 1. The van der Waals surface area contributed by atoms with Gasteiger partial charge in [-0.1, -0.05) is 19.1 Å². The number of amides is 1. The van der Waals surface area contributed by atoms with E-state index < -0.39 is 0 Å². The van der Waals surface area contributed by atoms with Crippen LogP contribution in [0.5, 0.6) is 0 Å². The van der Waals surface area contributed by atoms with Gasteiger partial charge in [0.2, 0.25) is 0 Å². The van der Waals surface area contributed by atoms with Crippen molar-refractivity contribution in [2.45, 2.75) is 26.2 Å². The second-order valence-electron chi connectivity index (χ2n) is 5.28. The molecule has 1 amide bonds. The molecule has 1 aliphatic rings. The number of nitrogens with one attached hydrogen (secondary N) is 2. The fourth-order valence-electron chi connectivity index (χ4n) is 2.52. The van der Waals surface area contributed by atoms with E-state index in [0.29, 0.717) is 0 Å². The van der Waals surface area contributed by atoms with Crippen LogP contribution in [-0.4, -0.2) is 43.5 Å². The van der Waals surface area contributed by atoms with Gasteiger partial charge in [-0.2, -0.15) is 0 Å². The van der Waals surface area contributed by atoms with E-state index in [0.717, 1.165) is 37.3 Å². The highest BCUT2D eigenvalue weighted by molar-refractivity contribution is 5.99. The summed E-state index contributed by atoms with van der Waals surface area (Å²) in [5.41, 5.74) is 1.66. The normalized spacial score (nSPS) is 15.2. The number of likely N-dealkylation sites (tertiary alicyclic amines) is 1. The molecule has 20 heavy (non-hydrogen) atoms. The highest BCUT2D eigenvalue weighted by Gasteiger charge is 2.13. The molecule has 110 valence electrons. The molecule has 2 rings (SSSR count). The first-order valence-corrected chi connectivity index (χ1v) is 7.64. The van der Waals surface area contributed by atoms with Gasteiger partial charge in [0, 0.05) is 25.3 Å². The minimum absolute atomic E-state index is 0.0170. The van der Waals surface area contributed by atoms with E-state index >= 15 is 0 Å². The van der Waals surface area contributed by atoms with Crippen LogP contribution in [0.15, 0.2) is 24.3 Å². The Labute approximate surface area is 121 Å². The molecule has 1 aliphatic heterocycles. The van der Waals surface area contributed by atoms with E-state index in [9.17, 15) is 4.79 Å². The first-order chi connectivity index (χ1) is 9.81. The summed E-state index contributed by atoms with van der Waals surface area (Å²) in [6.45, 7) is 7.02. The lowest BCUT2D eigenvalue weighted by atomic mass is 10.1. The van der Waals surface area contributed by atoms with Crippen LogP contribution in [0.4, 0.5) is 5.69 Å². The average Bonchev–Trinajstić information content (AvgIpc) is 2.98. The molecule has 1 heterocycles. The van der Waals surface area contributed by atoms with E-state index in [1.54, 1.807) is 0 Å². The van der Waals surface area contributed by atoms with Crippen LogP contribution in [0.3, 0.4) is 0 Å². The first-order valence-electron chi connectivity index (χ1n) is 7.64. The Bertz CT molecular complexity index is 427. The summed E-state index contributed by atoms with van der Waals surface area (Å²) in [7, 11) is 0. The van der Waals surface area contributed by atoms with Gasteiger partial charge < -0.3 is 15.5 Å². The summed E-state index contributed by atoms with van der Waals surface area (Å²) in [6, 6.07) is 7.71. The predicted octanol–water partition coefficient (Wildman–Crippen LogP) is 2.33. The third kappa shape index (κ3) is 4.23. The zero-order valence-electron chi connectivity index (χ0n) is 12.3. The third-order valence-corrected chi connectivity index (χ3v) is 3.65. The Morgan fingerprint density at radius 1 is 1.20 bits per heavy atom. The van der Waals surface area contributed by atoms with Gasteiger partial charge in [-0.3, -0.25) is 4.79 Å². The Balaban J connectivity index is 1.84. The van der Waals surface area contributed by atoms with Crippen molar-refractivity contribution >= 4 is 11.6 Å². The first kappa shape index (κ1) is 14.9. The van der Waals surface area contributed by atoms with Gasteiger partial charge >= 0.3 is 0 Å². The molecule has 4 nitrogen and oxygen atoms in total. The lowest BCUT2D eigenvalue weighted by Crippen LogP contribution is -2.33. The summed E-state index contributed by atoms with van der Waals surface area (Å²) in [4.78, 5) is 14.6. The van der Waals surface area contributed by atoms with Crippen LogP contribution >= 0.6 is 0 Å². The third-order valence-electron chi connectivity index (χ3n) is 3.65. The monoisotopic (exact) mass is 275 g/mol. The van der Waals surface area contributed by atoms with Gasteiger partial charge in [0.25, 0.3) is 5.91 Å². The predicted molar refractivity (Wildman–Crippen MR) is 83.2 cm³/mol. The number of carbonyl (C=O) groups excluding carboxylic acids is 1. The average molecular weight is 275 g/mol. The molecule has 0 atom stereocenters. The van der Waals surface area contributed by atoms with Crippen LogP contribution in [0.1, 0.15) is 36.5 Å². The minimum Gasteiger partial charge on any atom is -0.384 e. The van der Waals surface area contributed by atoms with Crippen molar-refractivity contribution < 1.29 is 4.79 Å². The molecule has 0 unspecified atom stereocenters. The maximum Gasteiger partial charge on any atom is 0.253 e. The molecule has 1 fully saturated rings. The van der Waals surface area contributed by atoms with E-state index in [4.69, 9.17) is 0 Å². The van der Waals surface area contributed by atoms with Gasteiger partial charge in [-0.15, -0.1) is 0 Å². The van der Waals surface area contributed by atoms with E-state index in [1.807, 2.05) is 24.3 Å². The fraction of sp³-hybridized carbons (Fsp3) is 0.562. The van der Waals surface area contributed by atoms with Crippen LogP contribution in [0.25, 0.3) is 0 Å². The van der Waals surface area contributed by atoms with E-state index in [-0.39, 0.29) is 5.91 Å². The molecule has 4 heteroatoms. The molecular weight excluding hydrogens is 250 g/mol. The second kappa shape index (κ2) is 7.90. The molecule has 0 spiro atoms. The number of hydrogen-bond donors (Lipinski definition) is 2. The highest BCUT2D eigenvalue weighted by atomic mass is 16.1. The molecule has 0 bridgehead atoms. The standard InChI is InChI=1S/C16H25N3O/c1-2-9-17-15-8-4-3-7-14(15)16(20)18-10-13-19-11-5-6-12-19/h3-4,7-8,17H,2,5-6,9-13H2,1H3,(H,18,20). The van der Waals surface area contributed by atoms with Crippen LogP contribution in [0.2, 0.25) is 0 Å². The molecule has 1 saturated heterocycles. The van der Waals surface area contributed by atoms with E-state index in [1.165, 1.54) is 25.9 Å². The van der Waals surface area contributed by atoms with Crippen molar-refractivity contribution in [3.8, 4) is 0 Å². The van der Waals surface area contributed by atoms with Crippen molar-refractivity contribution in [3.05, 3.63) is 29.8 Å². The molecule has 1 aromatic carbocycles. The van der Waals surface area contributed by atoms with Gasteiger partial charge in [-0.05, 0) is 44.5 Å². The second-order valence-corrected chi connectivity index (χ2v) is 5.28. The van der Waals surface area contributed by atoms with Gasteiger partial charge in [0.15, 0.2) is 0 Å². The lowest BCUT2D eigenvalue weighted by molar-refractivity contribution is 0.0950. The number of hydrogen-bond acceptors (Lipinski definition) is 3. The maximum absolute atomic E-state index is 12.2. The van der Waals surface area contributed by atoms with Crippen molar-refractivity contribution in [1.29, 1.82) is 0 Å². The Hall–Kier alpha value is -1.55. The van der Waals surface area contributed by atoms with E-state index in [2.05, 4.69) is 22.5 Å². The Morgan fingerprint density at radius 3 is 2.70 bits per heavy atom. The van der Waals surface area contributed by atoms with Crippen LogP contribution < -0.4 is 10.6 Å². The number of nitrogens with zero attached hydrogens (tertiary/aromatic N) is 1. The fourth-order valence-corrected chi connectivity index (χ4v) is 2.52. The number of para-hydroxylation sites is 1. The largest absolute Gasteiger partial charge is 0.384 e. The van der Waals surface area contributed by atoms with Crippen molar-refractivity contribution in [2.24, 2.45) is 0 Å². The van der Waals surface area contributed by atoms with Crippen LogP contribution in [0, 0.1) is 0 Å². The molecule has 2 N–H and O–H groups in total. The van der Waals surface area contributed by atoms with Gasteiger partial charge in [0.05, 0.1) is 5.56 Å². The molecule has 0 saturated carbocycles. The lowest BCUT2D eigenvalue weighted by Gasteiger charge is -2.16. The van der Waals surface area contributed by atoms with Crippen molar-refractivity contribution in [2.75, 3.05) is 38.0 Å². The smallest absolute Gasteiger partial charge is 0.253 e. The molecule has 0 aromatic heterocycles. The summed E-state index contributed by atoms with van der Waals surface area (Å²) in [5, 5.41) is 6.33. The number of carbonyl (C=O) groups is 1. The topological polar surface area (TPSA) is 44.4 Å². The zero-order chi connectivity index (χ0) is 14.2. The quantitative estimate of drug-likeness (QED) is 0.803. The SMILES string of the molecule is CCCNc1ccccc1C(=O)NCCN1CCCC1. The molecule has 0 aliphatic carbocycles. The Morgan fingerprint density at radius 2 is 1.95 bits per heavy atom. The van der Waals surface area contributed by atoms with Gasteiger partial charge in [0.1, 0.15) is 0 Å². The van der Waals surface area contributed by atoms with Crippen molar-refractivity contribution in [3.63, 3.8) is 0 Å². The van der Waals surface area contributed by atoms with Gasteiger partial charge in [-0.25, -0.2) is 0 Å². The summed E-state index contributed by atoms with van der Waals surface area (Å²) < 4.78 is 0. The summed E-state index contributed by atoms with van der Waals surface area (Å²) in [6.07, 6.45) is 3.63. The summed E-state index contributed by atoms with van der Waals surface area (Å²) in [5.74, 6) is 0.0170. The summed E-state index contributed by atoms with van der Waals surface area (Å²) >= 11 is 0. The molecular formula is C16H25N3O. The molecule has 1 aromatic rings.